The summed E-state index contributed by atoms with van der Waals surface area (Å²) in [5, 5.41) is 11.9. The van der Waals surface area contributed by atoms with Crippen LogP contribution in [0.2, 0.25) is 0 Å². The molecule has 0 unspecified atom stereocenters. The lowest BCUT2D eigenvalue weighted by Crippen LogP contribution is -2.26. The van der Waals surface area contributed by atoms with Gasteiger partial charge in [-0.3, -0.25) is 0 Å². The first kappa shape index (κ1) is 11.9. The predicted molar refractivity (Wildman–Crippen MR) is 53.8 cm³/mol. The van der Waals surface area contributed by atoms with Gasteiger partial charge in [-0.2, -0.15) is 13.2 Å². The summed E-state index contributed by atoms with van der Waals surface area (Å²) in [7, 11) is 0. The second-order valence-corrected chi connectivity index (χ2v) is 3.89. The van der Waals surface area contributed by atoms with Crippen LogP contribution in [-0.2, 0) is 19.1 Å². The summed E-state index contributed by atoms with van der Waals surface area (Å²) in [5.74, 6) is -1.31. The Labute approximate surface area is 95.3 Å². The van der Waals surface area contributed by atoms with Crippen LogP contribution in [0.25, 0.3) is 0 Å². The molecular formula is C11H10F3NO2. The van der Waals surface area contributed by atoms with Gasteiger partial charge >= 0.3 is 12.1 Å². The first-order valence-electron chi connectivity index (χ1n) is 5.06. The minimum absolute atomic E-state index is 0.240. The van der Waals surface area contributed by atoms with E-state index in [1.165, 1.54) is 0 Å². The molecular weight excluding hydrogens is 235 g/mol. The fourth-order valence-electron chi connectivity index (χ4n) is 1.98. The van der Waals surface area contributed by atoms with Crippen LogP contribution in [0.15, 0.2) is 12.1 Å². The van der Waals surface area contributed by atoms with Gasteiger partial charge in [-0.25, -0.2) is 4.79 Å². The molecule has 2 N–H and O–H groups in total. The molecule has 0 saturated heterocycles. The lowest BCUT2D eigenvalue weighted by atomic mass is 9.93. The molecule has 0 spiro atoms. The maximum absolute atomic E-state index is 12.6. The maximum atomic E-state index is 12.6. The van der Waals surface area contributed by atoms with E-state index in [2.05, 4.69) is 5.32 Å². The van der Waals surface area contributed by atoms with Crippen LogP contribution in [0.3, 0.4) is 0 Å². The Morgan fingerprint density at radius 3 is 2.65 bits per heavy atom. The number of carboxylic acids is 1. The van der Waals surface area contributed by atoms with Crippen molar-refractivity contribution in [2.75, 3.05) is 6.54 Å². The number of alkyl halides is 3. The Balaban J connectivity index is 2.60. The molecule has 0 fully saturated rings. The number of aromatic carboxylic acids is 1. The lowest BCUT2D eigenvalue weighted by molar-refractivity contribution is -0.137. The monoisotopic (exact) mass is 245 g/mol. The van der Waals surface area contributed by atoms with Gasteiger partial charge < -0.3 is 10.4 Å². The number of hydrogen-bond acceptors (Lipinski definition) is 2. The highest BCUT2D eigenvalue weighted by Crippen LogP contribution is 2.33. The van der Waals surface area contributed by atoms with Crippen molar-refractivity contribution in [3.8, 4) is 0 Å². The molecule has 92 valence electrons. The summed E-state index contributed by atoms with van der Waals surface area (Å²) in [6, 6.07) is 1.74. The normalized spacial score (nSPS) is 15.5. The van der Waals surface area contributed by atoms with E-state index in [9.17, 15) is 18.0 Å². The van der Waals surface area contributed by atoms with Crippen LogP contribution in [-0.4, -0.2) is 17.6 Å². The van der Waals surface area contributed by atoms with E-state index >= 15 is 0 Å². The van der Waals surface area contributed by atoms with E-state index in [1.54, 1.807) is 0 Å². The zero-order valence-corrected chi connectivity index (χ0v) is 8.77. The molecule has 17 heavy (non-hydrogen) atoms. The standard InChI is InChI=1S/C11H10F3NO2/c12-11(13,14)7-3-6-5-15-2-1-8(6)9(4-7)10(16)17/h3-4,15H,1-2,5H2,(H,16,17). The predicted octanol–water partition coefficient (Wildman–Crippen LogP) is 2.05. The van der Waals surface area contributed by atoms with Gasteiger partial charge in [0.25, 0.3) is 0 Å². The molecule has 0 aromatic heterocycles. The van der Waals surface area contributed by atoms with Crippen LogP contribution in [0.1, 0.15) is 27.0 Å². The highest BCUT2D eigenvalue weighted by atomic mass is 19.4. The van der Waals surface area contributed by atoms with Gasteiger partial charge in [-0.15, -0.1) is 0 Å². The molecule has 1 aliphatic rings. The summed E-state index contributed by atoms with van der Waals surface area (Å²) in [6.45, 7) is 0.859. The number of fused-ring (bicyclic) bond motifs is 1. The van der Waals surface area contributed by atoms with Crippen LogP contribution >= 0.6 is 0 Å². The molecule has 1 aromatic rings. The van der Waals surface area contributed by atoms with Gasteiger partial charge in [-0.1, -0.05) is 0 Å². The van der Waals surface area contributed by atoms with Gasteiger partial charge in [-0.05, 0) is 36.2 Å². The van der Waals surface area contributed by atoms with Gasteiger partial charge in [0.15, 0.2) is 0 Å². The third kappa shape index (κ3) is 2.26. The van der Waals surface area contributed by atoms with Crippen molar-refractivity contribution in [1.29, 1.82) is 0 Å². The Kier molecular flexibility index (Phi) is 2.82. The van der Waals surface area contributed by atoms with Crippen molar-refractivity contribution < 1.29 is 23.1 Å². The second-order valence-electron chi connectivity index (χ2n) is 3.89. The van der Waals surface area contributed by atoms with E-state index in [4.69, 9.17) is 5.11 Å². The van der Waals surface area contributed by atoms with Gasteiger partial charge in [0.05, 0.1) is 11.1 Å². The van der Waals surface area contributed by atoms with Gasteiger partial charge in [0, 0.05) is 6.54 Å². The summed E-state index contributed by atoms with van der Waals surface area (Å²) in [4.78, 5) is 11.0. The van der Waals surface area contributed by atoms with E-state index in [0.717, 1.165) is 6.07 Å². The third-order valence-electron chi connectivity index (χ3n) is 2.77. The van der Waals surface area contributed by atoms with Gasteiger partial charge in [0.1, 0.15) is 0 Å². The summed E-state index contributed by atoms with van der Waals surface area (Å²) in [5.41, 5.74) is -0.221. The van der Waals surface area contributed by atoms with E-state index in [1.807, 2.05) is 0 Å². The van der Waals surface area contributed by atoms with Crippen molar-refractivity contribution >= 4 is 5.97 Å². The SMILES string of the molecule is O=C(O)c1cc(C(F)(F)F)cc2c1CCNC2. The maximum Gasteiger partial charge on any atom is 0.416 e. The number of carbonyl (C=O) groups is 1. The van der Waals surface area contributed by atoms with Gasteiger partial charge in [0.2, 0.25) is 0 Å². The first-order valence-corrected chi connectivity index (χ1v) is 5.06. The molecule has 0 bridgehead atoms. The first-order chi connectivity index (χ1) is 7.89. The highest BCUT2D eigenvalue weighted by Gasteiger charge is 2.33. The molecule has 6 heteroatoms. The van der Waals surface area contributed by atoms with E-state index < -0.39 is 17.7 Å². The largest absolute Gasteiger partial charge is 0.478 e. The summed E-state index contributed by atoms with van der Waals surface area (Å²) >= 11 is 0. The highest BCUT2D eigenvalue weighted by molar-refractivity contribution is 5.90. The van der Waals surface area contributed by atoms with Crippen LogP contribution < -0.4 is 5.32 Å². The molecule has 0 aliphatic carbocycles. The number of rotatable bonds is 1. The zero-order chi connectivity index (χ0) is 12.6. The smallest absolute Gasteiger partial charge is 0.416 e. The molecule has 2 rings (SSSR count). The van der Waals surface area contributed by atoms with Crippen molar-refractivity contribution in [3.05, 3.63) is 34.4 Å². The number of halogens is 3. The second kappa shape index (κ2) is 4.03. The fourth-order valence-corrected chi connectivity index (χ4v) is 1.98. The van der Waals surface area contributed by atoms with E-state index in [-0.39, 0.29) is 12.1 Å². The van der Waals surface area contributed by atoms with Crippen molar-refractivity contribution in [2.45, 2.75) is 19.1 Å². The Bertz CT molecular complexity index is 469. The summed E-state index contributed by atoms with van der Waals surface area (Å²) in [6.07, 6.45) is -4.08. The fraction of sp³-hybridized carbons (Fsp3) is 0.364. The molecule has 1 heterocycles. The molecule has 0 amide bonds. The summed E-state index contributed by atoms with van der Waals surface area (Å²) < 4.78 is 37.8. The average molecular weight is 245 g/mol. The van der Waals surface area contributed by atoms with Crippen LogP contribution in [0.4, 0.5) is 13.2 Å². The Morgan fingerprint density at radius 1 is 1.35 bits per heavy atom. The minimum atomic E-state index is -4.52. The number of nitrogens with one attached hydrogen (secondary N) is 1. The minimum Gasteiger partial charge on any atom is -0.478 e. The van der Waals surface area contributed by atoms with Crippen molar-refractivity contribution in [2.24, 2.45) is 0 Å². The molecule has 1 aliphatic heterocycles. The zero-order valence-electron chi connectivity index (χ0n) is 8.77. The quantitative estimate of drug-likeness (QED) is 0.796. The molecule has 0 saturated carbocycles. The topological polar surface area (TPSA) is 49.3 Å². The van der Waals surface area contributed by atoms with Crippen molar-refractivity contribution in [1.82, 2.24) is 5.32 Å². The van der Waals surface area contributed by atoms with Crippen LogP contribution in [0, 0.1) is 0 Å². The van der Waals surface area contributed by atoms with E-state index in [0.29, 0.717) is 30.2 Å². The Morgan fingerprint density at radius 2 is 2.06 bits per heavy atom. The van der Waals surface area contributed by atoms with Crippen molar-refractivity contribution in [3.63, 3.8) is 0 Å². The van der Waals surface area contributed by atoms with Crippen LogP contribution in [0.5, 0.6) is 0 Å². The lowest BCUT2D eigenvalue weighted by Gasteiger charge is -2.21. The molecule has 3 nitrogen and oxygen atoms in total. The average Bonchev–Trinajstić information content (AvgIpc) is 2.26. The molecule has 0 radical (unpaired) electrons. The Hall–Kier alpha value is -1.56. The third-order valence-corrected chi connectivity index (χ3v) is 2.77. The number of benzene rings is 1. The molecule has 1 aromatic carbocycles. The molecule has 0 atom stereocenters. The number of carboxylic acid groups (broad SMARTS) is 1. The number of hydrogen-bond donors (Lipinski definition) is 2.